The molecule has 0 aromatic heterocycles. The lowest BCUT2D eigenvalue weighted by Gasteiger charge is -2.34. The molecule has 2 aromatic rings. The van der Waals surface area contributed by atoms with E-state index in [9.17, 15) is 14.0 Å². The number of amides is 2. The lowest BCUT2D eigenvalue weighted by molar-refractivity contribution is -0.125. The molecular formula is C18H17ClFN3O2. The van der Waals surface area contributed by atoms with Gasteiger partial charge in [0.2, 0.25) is 11.8 Å². The molecule has 1 heterocycles. The molecule has 2 aromatic carbocycles. The largest absolute Gasteiger partial charge is 0.368 e. The van der Waals surface area contributed by atoms with Crippen LogP contribution in [0.4, 0.5) is 10.1 Å². The highest BCUT2D eigenvalue weighted by Gasteiger charge is 2.31. The van der Waals surface area contributed by atoms with Crippen molar-refractivity contribution < 1.29 is 14.0 Å². The predicted octanol–water partition coefficient (Wildman–Crippen LogP) is 2.33. The first-order valence-electron chi connectivity index (χ1n) is 7.79. The summed E-state index contributed by atoms with van der Waals surface area (Å²) in [6.07, 6.45) is 0.452. The number of nitrogens with one attached hydrogen (secondary N) is 1. The van der Waals surface area contributed by atoms with E-state index in [4.69, 9.17) is 17.3 Å². The molecule has 1 atom stereocenters. The van der Waals surface area contributed by atoms with Crippen LogP contribution in [0.15, 0.2) is 42.5 Å². The number of hydrogen-bond acceptors (Lipinski definition) is 3. The van der Waals surface area contributed by atoms with E-state index >= 15 is 0 Å². The standard InChI is InChI=1S/C18H17ClFN3O2/c19-13-5-6-15(14(20)8-13)22-17(24)10-23-9-12-4-2-1-3-11(12)7-16(23)18(21)25/h1-6,8,16H,7,9-10H2,(H2,21,25)(H,22,24)/t16-/m1/s1. The maximum atomic E-state index is 13.8. The van der Waals surface area contributed by atoms with Gasteiger partial charge in [0, 0.05) is 11.6 Å². The number of fused-ring (bicyclic) bond motifs is 1. The Bertz CT molecular complexity index is 828. The zero-order chi connectivity index (χ0) is 18.0. The molecule has 0 aliphatic carbocycles. The molecule has 0 radical (unpaired) electrons. The molecule has 0 fully saturated rings. The zero-order valence-corrected chi connectivity index (χ0v) is 14.1. The summed E-state index contributed by atoms with van der Waals surface area (Å²) in [5, 5.41) is 2.75. The minimum absolute atomic E-state index is 0.0439. The summed E-state index contributed by atoms with van der Waals surface area (Å²) in [5.74, 6) is -1.52. The maximum Gasteiger partial charge on any atom is 0.238 e. The molecule has 0 unspecified atom stereocenters. The van der Waals surface area contributed by atoms with Crippen LogP contribution in [0.3, 0.4) is 0 Å². The number of rotatable bonds is 4. The van der Waals surface area contributed by atoms with E-state index in [-0.39, 0.29) is 17.3 Å². The second kappa shape index (κ2) is 7.21. The number of benzene rings is 2. The van der Waals surface area contributed by atoms with E-state index in [2.05, 4.69) is 5.32 Å². The number of anilines is 1. The second-order valence-electron chi connectivity index (χ2n) is 5.97. The molecule has 0 saturated carbocycles. The van der Waals surface area contributed by atoms with Crippen LogP contribution >= 0.6 is 11.6 Å². The first kappa shape index (κ1) is 17.4. The fourth-order valence-corrected chi connectivity index (χ4v) is 3.15. The van der Waals surface area contributed by atoms with E-state index in [1.807, 2.05) is 24.3 Å². The first-order chi connectivity index (χ1) is 11.9. The van der Waals surface area contributed by atoms with Crippen molar-refractivity contribution in [2.24, 2.45) is 5.73 Å². The van der Waals surface area contributed by atoms with Crippen molar-refractivity contribution in [2.75, 3.05) is 11.9 Å². The number of nitrogens with zero attached hydrogens (tertiary/aromatic N) is 1. The molecule has 7 heteroatoms. The quantitative estimate of drug-likeness (QED) is 0.877. The van der Waals surface area contributed by atoms with E-state index in [1.165, 1.54) is 12.1 Å². The summed E-state index contributed by atoms with van der Waals surface area (Å²) < 4.78 is 13.8. The molecule has 0 bridgehead atoms. The van der Waals surface area contributed by atoms with Crippen LogP contribution in [0.25, 0.3) is 0 Å². The van der Waals surface area contributed by atoms with Crippen LogP contribution in [0, 0.1) is 5.82 Å². The molecule has 130 valence electrons. The van der Waals surface area contributed by atoms with Crippen molar-refractivity contribution in [1.29, 1.82) is 0 Å². The summed E-state index contributed by atoms with van der Waals surface area (Å²) in [5.41, 5.74) is 7.64. The molecule has 0 saturated heterocycles. The van der Waals surface area contributed by atoms with Gasteiger partial charge in [0.1, 0.15) is 5.82 Å². The minimum atomic E-state index is -0.615. The smallest absolute Gasteiger partial charge is 0.238 e. The van der Waals surface area contributed by atoms with Gasteiger partial charge in [-0.15, -0.1) is 0 Å². The van der Waals surface area contributed by atoms with Crippen molar-refractivity contribution >= 4 is 29.1 Å². The highest BCUT2D eigenvalue weighted by atomic mass is 35.5. The van der Waals surface area contributed by atoms with Gasteiger partial charge in [-0.05, 0) is 35.7 Å². The molecule has 1 aliphatic rings. The summed E-state index contributed by atoms with van der Waals surface area (Å²) in [6.45, 7) is 0.365. The third kappa shape index (κ3) is 3.97. The number of hydrogen-bond donors (Lipinski definition) is 2. The summed E-state index contributed by atoms with van der Waals surface area (Å²) >= 11 is 5.70. The van der Waals surface area contributed by atoms with Crippen molar-refractivity contribution in [2.45, 2.75) is 19.0 Å². The average molecular weight is 362 g/mol. The average Bonchev–Trinajstić information content (AvgIpc) is 2.56. The van der Waals surface area contributed by atoms with Crippen LogP contribution < -0.4 is 11.1 Å². The third-order valence-electron chi connectivity index (χ3n) is 4.23. The van der Waals surface area contributed by atoms with Gasteiger partial charge in [0.25, 0.3) is 0 Å². The van der Waals surface area contributed by atoms with Gasteiger partial charge < -0.3 is 11.1 Å². The number of carbonyl (C=O) groups is 2. The summed E-state index contributed by atoms with van der Waals surface area (Å²) in [4.78, 5) is 25.8. The van der Waals surface area contributed by atoms with Gasteiger partial charge in [0.15, 0.2) is 0 Å². The SMILES string of the molecule is NC(=O)[C@H]1Cc2ccccc2CN1CC(=O)Nc1ccc(Cl)cc1F. The number of primary amides is 1. The fraction of sp³-hybridized carbons (Fsp3) is 0.222. The van der Waals surface area contributed by atoms with Crippen LogP contribution in [-0.4, -0.2) is 29.3 Å². The van der Waals surface area contributed by atoms with Crippen LogP contribution in [0.1, 0.15) is 11.1 Å². The topological polar surface area (TPSA) is 75.4 Å². The van der Waals surface area contributed by atoms with Gasteiger partial charge in [-0.3, -0.25) is 14.5 Å². The van der Waals surface area contributed by atoms with Crippen molar-refractivity contribution in [1.82, 2.24) is 4.90 Å². The Labute approximate surface area is 149 Å². The highest BCUT2D eigenvalue weighted by Crippen LogP contribution is 2.23. The van der Waals surface area contributed by atoms with Gasteiger partial charge in [-0.2, -0.15) is 0 Å². The van der Waals surface area contributed by atoms with Gasteiger partial charge in [0.05, 0.1) is 18.3 Å². The summed E-state index contributed by atoms with van der Waals surface area (Å²) in [6, 6.07) is 11.2. The Hall–Kier alpha value is -2.44. The molecule has 5 nitrogen and oxygen atoms in total. The molecule has 25 heavy (non-hydrogen) atoms. The second-order valence-corrected chi connectivity index (χ2v) is 6.40. The highest BCUT2D eigenvalue weighted by molar-refractivity contribution is 6.30. The third-order valence-corrected chi connectivity index (χ3v) is 4.46. The molecule has 2 amide bonds. The molecule has 1 aliphatic heterocycles. The van der Waals surface area contributed by atoms with E-state index < -0.39 is 23.7 Å². The van der Waals surface area contributed by atoms with Gasteiger partial charge >= 0.3 is 0 Å². The van der Waals surface area contributed by atoms with Crippen LogP contribution in [0.2, 0.25) is 5.02 Å². The Morgan fingerprint density at radius 2 is 1.96 bits per heavy atom. The van der Waals surface area contributed by atoms with E-state index in [0.29, 0.717) is 13.0 Å². The normalized spacial score (nSPS) is 17.0. The van der Waals surface area contributed by atoms with Crippen molar-refractivity contribution in [3.8, 4) is 0 Å². The van der Waals surface area contributed by atoms with Crippen LogP contribution in [-0.2, 0) is 22.6 Å². The number of nitrogens with two attached hydrogens (primary N) is 1. The predicted molar refractivity (Wildman–Crippen MR) is 93.6 cm³/mol. The lowest BCUT2D eigenvalue weighted by atomic mass is 9.93. The van der Waals surface area contributed by atoms with Crippen LogP contribution in [0.5, 0.6) is 0 Å². The zero-order valence-electron chi connectivity index (χ0n) is 13.3. The number of carbonyl (C=O) groups excluding carboxylic acids is 2. The Kier molecular flexibility index (Phi) is 5.01. The lowest BCUT2D eigenvalue weighted by Crippen LogP contribution is -2.50. The van der Waals surface area contributed by atoms with E-state index in [1.54, 1.807) is 4.90 Å². The maximum absolute atomic E-state index is 13.8. The Morgan fingerprint density at radius 3 is 2.64 bits per heavy atom. The molecule has 3 N–H and O–H groups in total. The van der Waals surface area contributed by atoms with Gasteiger partial charge in [-0.1, -0.05) is 35.9 Å². The Morgan fingerprint density at radius 1 is 1.24 bits per heavy atom. The minimum Gasteiger partial charge on any atom is -0.368 e. The molecular weight excluding hydrogens is 345 g/mol. The monoisotopic (exact) mass is 361 g/mol. The van der Waals surface area contributed by atoms with Crippen molar-refractivity contribution in [3.63, 3.8) is 0 Å². The molecule has 0 spiro atoms. The summed E-state index contributed by atoms with van der Waals surface area (Å²) in [7, 11) is 0. The van der Waals surface area contributed by atoms with E-state index in [0.717, 1.165) is 17.2 Å². The Balaban J connectivity index is 1.74. The first-order valence-corrected chi connectivity index (χ1v) is 8.17. The van der Waals surface area contributed by atoms with Crippen molar-refractivity contribution in [3.05, 3.63) is 64.4 Å². The number of halogens is 2. The van der Waals surface area contributed by atoms with Gasteiger partial charge in [-0.25, -0.2) is 4.39 Å². The fourth-order valence-electron chi connectivity index (χ4n) is 2.99. The molecule has 3 rings (SSSR count).